The number of unbranched alkanes of at least 4 members (excludes halogenated alkanes) is 5. The molecular weight excluding hydrogens is 256 g/mol. The molecule has 1 aromatic rings. The maximum Gasteiger partial charge on any atom is 0.121 e. The van der Waals surface area contributed by atoms with Crippen LogP contribution in [0.4, 0.5) is 0 Å². The molecule has 0 saturated carbocycles. The zero-order valence-corrected chi connectivity index (χ0v) is 13.3. The third kappa shape index (κ3) is 5.86. The summed E-state index contributed by atoms with van der Waals surface area (Å²) in [6.45, 7) is 4.32. The van der Waals surface area contributed by atoms with Crippen molar-refractivity contribution in [3.63, 3.8) is 0 Å². The van der Waals surface area contributed by atoms with E-state index in [0.29, 0.717) is 0 Å². The first-order valence-electron chi connectivity index (χ1n) is 7.47. The first kappa shape index (κ1) is 16.4. The first-order chi connectivity index (χ1) is 9.19. The number of aryl methyl sites for hydroxylation is 1. The third-order valence-corrected chi connectivity index (χ3v) is 4.06. The molecule has 0 radical (unpaired) electrons. The summed E-state index contributed by atoms with van der Waals surface area (Å²) in [6, 6.07) is 6.25. The SMILES string of the molecule is CCCCCCCCC(Cl)c1ccc(OC)c(C)c1. The van der Waals surface area contributed by atoms with Gasteiger partial charge in [-0.1, -0.05) is 57.6 Å². The van der Waals surface area contributed by atoms with Crippen LogP contribution in [-0.2, 0) is 0 Å². The molecule has 1 aromatic carbocycles. The Labute approximate surface area is 123 Å². The van der Waals surface area contributed by atoms with Crippen LogP contribution in [0, 0.1) is 6.92 Å². The summed E-state index contributed by atoms with van der Waals surface area (Å²) in [5.41, 5.74) is 2.38. The number of hydrogen-bond acceptors (Lipinski definition) is 1. The number of hydrogen-bond donors (Lipinski definition) is 0. The normalized spacial score (nSPS) is 12.4. The Bertz CT molecular complexity index is 362. The molecule has 0 aliphatic carbocycles. The van der Waals surface area contributed by atoms with E-state index in [0.717, 1.165) is 17.7 Å². The Morgan fingerprint density at radius 2 is 1.79 bits per heavy atom. The van der Waals surface area contributed by atoms with Crippen LogP contribution < -0.4 is 4.74 Å². The topological polar surface area (TPSA) is 9.23 Å². The number of halogens is 1. The van der Waals surface area contributed by atoms with E-state index in [1.165, 1.54) is 44.1 Å². The van der Waals surface area contributed by atoms with Gasteiger partial charge < -0.3 is 4.74 Å². The second kappa shape index (κ2) is 9.25. The van der Waals surface area contributed by atoms with Crippen molar-refractivity contribution in [2.24, 2.45) is 0 Å². The number of benzene rings is 1. The zero-order chi connectivity index (χ0) is 14.1. The van der Waals surface area contributed by atoms with Crippen molar-refractivity contribution >= 4 is 11.6 Å². The van der Waals surface area contributed by atoms with Crippen molar-refractivity contribution in [2.45, 2.75) is 64.2 Å². The van der Waals surface area contributed by atoms with Crippen molar-refractivity contribution in [3.8, 4) is 5.75 Å². The van der Waals surface area contributed by atoms with E-state index in [-0.39, 0.29) is 5.38 Å². The maximum absolute atomic E-state index is 6.47. The van der Waals surface area contributed by atoms with Gasteiger partial charge in [0, 0.05) is 0 Å². The molecule has 19 heavy (non-hydrogen) atoms. The summed E-state index contributed by atoms with van der Waals surface area (Å²) in [5.74, 6) is 0.937. The number of alkyl halides is 1. The van der Waals surface area contributed by atoms with Crippen LogP contribution in [0.5, 0.6) is 5.75 Å². The smallest absolute Gasteiger partial charge is 0.121 e. The van der Waals surface area contributed by atoms with Crippen LogP contribution in [-0.4, -0.2) is 7.11 Å². The molecule has 1 unspecified atom stereocenters. The minimum absolute atomic E-state index is 0.135. The highest BCUT2D eigenvalue weighted by molar-refractivity contribution is 6.20. The lowest BCUT2D eigenvalue weighted by Gasteiger charge is -2.12. The van der Waals surface area contributed by atoms with Crippen molar-refractivity contribution in [1.82, 2.24) is 0 Å². The van der Waals surface area contributed by atoms with Gasteiger partial charge in [0.15, 0.2) is 0 Å². The largest absolute Gasteiger partial charge is 0.496 e. The first-order valence-corrected chi connectivity index (χ1v) is 7.91. The lowest BCUT2D eigenvalue weighted by molar-refractivity contribution is 0.411. The van der Waals surface area contributed by atoms with Crippen molar-refractivity contribution < 1.29 is 4.74 Å². The molecule has 0 N–H and O–H groups in total. The molecule has 0 aliphatic rings. The maximum atomic E-state index is 6.47. The molecule has 0 aromatic heterocycles. The van der Waals surface area contributed by atoms with Gasteiger partial charge >= 0.3 is 0 Å². The molecule has 0 heterocycles. The van der Waals surface area contributed by atoms with Crippen LogP contribution in [0.15, 0.2) is 18.2 Å². The molecule has 0 saturated heterocycles. The highest BCUT2D eigenvalue weighted by Crippen LogP contribution is 2.30. The average molecular weight is 283 g/mol. The summed E-state index contributed by atoms with van der Waals surface area (Å²) < 4.78 is 5.27. The molecule has 0 aliphatic heterocycles. The zero-order valence-electron chi connectivity index (χ0n) is 12.5. The van der Waals surface area contributed by atoms with Crippen LogP contribution in [0.2, 0.25) is 0 Å². The molecule has 0 amide bonds. The lowest BCUT2D eigenvalue weighted by atomic mass is 10.0. The fraction of sp³-hybridized carbons (Fsp3) is 0.647. The summed E-state index contributed by atoms with van der Waals surface area (Å²) >= 11 is 6.47. The molecule has 0 spiro atoms. The molecular formula is C17H27ClO. The van der Waals surface area contributed by atoms with Crippen LogP contribution in [0.1, 0.15) is 68.4 Å². The average Bonchev–Trinajstić information content (AvgIpc) is 2.42. The lowest BCUT2D eigenvalue weighted by Crippen LogP contribution is -1.94. The van der Waals surface area contributed by atoms with Gasteiger partial charge in [-0.05, 0) is 30.5 Å². The second-order valence-corrected chi connectivity index (χ2v) is 5.78. The van der Waals surface area contributed by atoms with Gasteiger partial charge in [0.25, 0.3) is 0 Å². The Hall–Kier alpha value is -0.690. The fourth-order valence-corrected chi connectivity index (χ4v) is 2.66. The summed E-state index contributed by atoms with van der Waals surface area (Å²) in [7, 11) is 1.70. The Morgan fingerprint density at radius 1 is 1.11 bits per heavy atom. The highest BCUT2D eigenvalue weighted by Gasteiger charge is 2.09. The van der Waals surface area contributed by atoms with Crippen molar-refractivity contribution in [2.75, 3.05) is 7.11 Å². The monoisotopic (exact) mass is 282 g/mol. The molecule has 108 valence electrons. The van der Waals surface area contributed by atoms with Gasteiger partial charge in [-0.25, -0.2) is 0 Å². The van der Waals surface area contributed by atoms with Gasteiger partial charge in [-0.15, -0.1) is 11.6 Å². The van der Waals surface area contributed by atoms with Gasteiger partial charge in [-0.2, -0.15) is 0 Å². The van der Waals surface area contributed by atoms with Gasteiger partial charge in [-0.3, -0.25) is 0 Å². The van der Waals surface area contributed by atoms with Gasteiger partial charge in [0.2, 0.25) is 0 Å². The van der Waals surface area contributed by atoms with Crippen molar-refractivity contribution in [3.05, 3.63) is 29.3 Å². The van der Waals surface area contributed by atoms with Gasteiger partial charge in [0.1, 0.15) is 5.75 Å². The van der Waals surface area contributed by atoms with Crippen LogP contribution in [0.3, 0.4) is 0 Å². The number of ether oxygens (including phenoxy) is 1. The second-order valence-electron chi connectivity index (χ2n) is 5.25. The number of rotatable bonds is 9. The molecule has 0 bridgehead atoms. The molecule has 1 atom stereocenters. The highest BCUT2D eigenvalue weighted by atomic mass is 35.5. The molecule has 0 fully saturated rings. The Kier molecular flexibility index (Phi) is 7.97. The molecule has 1 rings (SSSR count). The minimum atomic E-state index is 0.135. The van der Waals surface area contributed by atoms with E-state index in [1.807, 2.05) is 6.07 Å². The van der Waals surface area contributed by atoms with E-state index in [9.17, 15) is 0 Å². The Balaban J connectivity index is 2.33. The Morgan fingerprint density at radius 3 is 2.42 bits per heavy atom. The summed E-state index contributed by atoms with van der Waals surface area (Å²) in [5, 5.41) is 0.135. The van der Waals surface area contributed by atoms with Gasteiger partial charge in [0.05, 0.1) is 12.5 Å². The van der Waals surface area contributed by atoms with E-state index >= 15 is 0 Å². The summed E-state index contributed by atoms with van der Waals surface area (Å²) in [4.78, 5) is 0. The van der Waals surface area contributed by atoms with Crippen molar-refractivity contribution in [1.29, 1.82) is 0 Å². The summed E-state index contributed by atoms with van der Waals surface area (Å²) in [6.07, 6.45) is 8.98. The molecule has 1 nitrogen and oxygen atoms in total. The predicted octanol–water partition coefficient (Wildman–Crippen LogP) is 6.03. The standard InChI is InChI=1S/C17H27ClO/c1-4-5-6-7-8-9-10-16(18)15-11-12-17(19-3)14(2)13-15/h11-13,16H,4-10H2,1-3H3. The van der Waals surface area contributed by atoms with E-state index < -0.39 is 0 Å². The quantitative estimate of drug-likeness (QED) is 0.397. The molecule has 2 heteroatoms. The third-order valence-electron chi connectivity index (χ3n) is 3.59. The van der Waals surface area contributed by atoms with E-state index in [2.05, 4.69) is 26.0 Å². The number of methoxy groups -OCH3 is 1. The van der Waals surface area contributed by atoms with Crippen LogP contribution in [0.25, 0.3) is 0 Å². The van der Waals surface area contributed by atoms with E-state index in [4.69, 9.17) is 16.3 Å². The van der Waals surface area contributed by atoms with E-state index in [1.54, 1.807) is 7.11 Å². The minimum Gasteiger partial charge on any atom is -0.496 e. The fourth-order valence-electron chi connectivity index (χ4n) is 2.37. The van der Waals surface area contributed by atoms with Crippen LogP contribution >= 0.6 is 11.6 Å². The predicted molar refractivity (Wildman–Crippen MR) is 84.3 cm³/mol.